The van der Waals surface area contributed by atoms with Gasteiger partial charge in [-0.15, -0.1) is 0 Å². The van der Waals surface area contributed by atoms with E-state index in [-0.39, 0.29) is 29.5 Å². The van der Waals surface area contributed by atoms with E-state index in [2.05, 4.69) is 5.32 Å². The number of aryl methyl sites for hydroxylation is 1. The monoisotopic (exact) mass is 675 g/mol. The Morgan fingerprint density at radius 1 is 0.851 bits per heavy atom. The predicted octanol–water partition coefficient (Wildman–Crippen LogP) is 6.80. The maximum atomic E-state index is 14.6. The quantitative estimate of drug-likeness (QED) is 0.168. The first kappa shape index (κ1) is 35.5. The normalized spacial score (nSPS) is 12.2. The molecule has 2 amide bonds. The molecule has 0 bridgehead atoms. The highest BCUT2D eigenvalue weighted by Crippen LogP contribution is 2.28. The number of nitrogens with zero attached hydrogens (tertiary/aromatic N) is 2. The molecule has 10 heteroatoms. The Kier molecular flexibility index (Phi) is 11.7. The largest absolute Gasteiger partial charge is 0.494 e. The van der Waals surface area contributed by atoms with Crippen LogP contribution in [0.15, 0.2) is 108 Å². The average molecular weight is 676 g/mol. The molecule has 4 aromatic rings. The van der Waals surface area contributed by atoms with E-state index in [0.717, 1.165) is 21.0 Å². The van der Waals surface area contributed by atoms with Gasteiger partial charge in [-0.05, 0) is 94.3 Å². The van der Waals surface area contributed by atoms with Crippen LogP contribution in [0, 0.1) is 6.92 Å². The molecule has 248 valence electrons. The highest BCUT2D eigenvalue weighted by atomic mass is 35.5. The van der Waals surface area contributed by atoms with Crippen LogP contribution in [0.1, 0.15) is 44.4 Å². The summed E-state index contributed by atoms with van der Waals surface area (Å²) in [5, 5.41) is 3.42. The summed E-state index contributed by atoms with van der Waals surface area (Å²) in [6, 6.07) is 28.5. The molecular weight excluding hydrogens is 634 g/mol. The second kappa shape index (κ2) is 15.5. The lowest BCUT2D eigenvalue weighted by atomic mass is 10.0. The minimum Gasteiger partial charge on any atom is -0.494 e. The first-order chi connectivity index (χ1) is 22.3. The van der Waals surface area contributed by atoms with Crippen molar-refractivity contribution in [3.8, 4) is 5.75 Å². The smallest absolute Gasteiger partial charge is 0.264 e. The topological polar surface area (TPSA) is 96.0 Å². The van der Waals surface area contributed by atoms with Crippen molar-refractivity contribution in [1.82, 2.24) is 10.2 Å². The van der Waals surface area contributed by atoms with Crippen LogP contribution in [0.3, 0.4) is 0 Å². The fourth-order valence-corrected chi connectivity index (χ4v) is 6.58. The van der Waals surface area contributed by atoms with Crippen molar-refractivity contribution in [2.45, 2.75) is 64.1 Å². The zero-order valence-corrected chi connectivity index (χ0v) is 29.0. The van der Waals surface area contributed by atoms with Gasteiger partial charge in [0.15, 0.2) is 0 Å². The molecule has 47 heavy (non-hydrogen) atoms. The standard InChI is InChI=1S/C37H42ClN3O5S/c1-6-46-32-20-18-31(19-21-32)41(47(44,45)33-22-16-30(38)17-23-33)26-35(42)40(25-29-14-12-27(2)13-15-29)34(36(43)39-37(3,4)5)24-28-10-8-7-9-11-28/h7-23,34H,6,24-26H2,1-5H3,(H,39,43)/t34-/m0/s1. The number of sulfonamides is 1. The van der Waals surface area contributed by atoms with Gasteiger partial charge in [-0.2, -0.15) is 0 Å². The summed E-state index contributed by atoms with van der Waals surface area (Å²) < 4.78 is 35.0. The van der Waals surface area contributed by atoms with Crippen molar-refractivity contribution in [2.75, 3.05) is 17.5 Å². The van der Waals surface area contributed by atoms with Gasteiger partial charge in [0.25, 0.3) is 10.0 Å². The maximum absolute atomic E-state index is 14.6. The number of amides is 2. The van der Waals surface area contributed by atoms with Crippen LogP contribution in [0.5, 0.6) is 5.75 Å². The Morgan fingerprint density at radius 3 is 2.04 bits per heavy atom. The number of carbonyl (C=O) groups is 2. The molecule has 4 rings (SSSR count). The molecule has 0 heterocycles. The van der Waals surface area contributed by atoms with E-state index in [4.69, 9.17) is 16.3 Å². The van der Waals surface area contributed by atoms with E-state index in [1.807, 2.05) is 89.2 Å². The summed E-state index contributed by atoms with van der Waals surface area (Å²) in [5.74, 6) is -0.314. The summed E-state index contributed by atoms with van der Waals surface area (Å²) in [7, 11) is -4.25. The van der Waals surface area contributed by atoms with E-state index >= 15 is 0 Å². The molecule has 4 aromatic carbocycles. The van der Waals surface area contributed by atoms with E-state index in [1.165, 1.54) is 29.2 Å². The lowest BCUT2D eigenvalue weighted by molar-refractivity contribution is -0.140. The summed E-state index contributed by atoms with van der Waals surface area (Å²) in [6.07, 6.45) is 0.230. The number of hydrogen-bond donors (Lipinski definition) is 1. The zero-order valence-electron chi connectivity index (χ0n) is 27.4. The van der Waals surface area contributed by atoms with Crippen LogP contribution in [-0.2, 0) is 32.6 Å². The van der Waals surface area contributed by atoms with Crippen LogP contribution in [-0.4, -0.2) is 49.9 Å². The molecule has 8 nitrogen and oxygen atoms in total. The molecular formula is C37H42ClN3O5S. The van der Waals surface area contributed by atoms with Gasteiger partial charge in [-0.1, -0.05) is 71.8 Å². The third-order valence-corrected chi connectivity index (χ3v) is 9.40. The van der Waals surface area contributed by atoms with Crippen LogP contribution in [0.4, 0.5) is 5.69 Å². The van der Waals surface area contributed by atoms with Crippen LogP contribution < -0.4 is 14.4 Å². The molecule has 0 saturated carbocycles. The van der Waals surface area contributed by atoms with Crippen LogP contribution in [0.2, 0.25) is 5.02 Å². The fraction of sp³-hybridized carbons (Fsp3) is 0.297. The van der Waals surface area contributed by atoms with E-state index in [9.17, 15) is 18.0 Å². The van der Waals surface area contributed by atoms with Crippen LogP contribution >= 0.6 is 11.6 Å². The Morgan fingerprint density at radius 2 is 1.47 bits per heavy atom. The molecule has 0 aliphatic heterocycles. The van der Waals surface area contributed by atoms with Crippen molar-refractivity contribution in [3.63, 3.8) is 0 Å². The van der Waals surface area contributed by atoms with E-state index < -0.39 is 34.1 Å². The molecule has 0 radical (unpaired) electrons. The van der Waals surface area contributed by atoms with Crippen molar-refractivity contribution in [2.24, 2.45) is 0 Å². The van der Waals surface area contributed by atoms with Gasteiger partial charge < -0.3 is 15.0 Å². The molecule has 0 spiro atoms. The van der Waals surface area contributed by atoms with Gasteiger partial charge in [0, 0.05) is 23.5 Å². The highest BCUT2D eigenvalue weighted by molar-refractivity contribution is 7.92. The van der Waals surface area contributed by atoms with Crippen molar-refractivity contribution in [1.29, 1.82) is 0 Å². The SMILES string of the molecule is CCOc1ccc(N(CC(=O)N(Cc2ccc(C)cc2)[C@@H](Cc2ccccc2)C(=O)NC(C)(C)C)S(=O)(=O)c2ccc(Cl)cc2)cc1. The average Bonchev–Trinajstić information content (AvgIpc) is 3.03. The molecule has 0 aliphatic rings. The molecule has 0 saturated heterocycles. The summed E-state index contributed by atoms with van der Waals surface area (Å²) in [5.41, 5.74) is 2.41. The summed E-state index contributed by atoms with van der Waals surface area (Å²) >= 11 is 6.07. The third-order valence-electron chi connectivity index (χ3n) is 7.36. The third kappa shape index (κ3) is 9.83. The number of nitrogens with one attached hydrogen (secondary N) is 1. The maximum Gasteiger partial charge on any atom is 0.264 e. The first-order valence-corrected chi connectivity index (χ1v) is 17.3. The number of carbonyl (C=O) groups excluding carboxylic acids is 2. The number of halogens is 1. The van der Waals surface area contributed by atoms with Crippen molar-refractivity contribution < 1.29 is 22.7 Å². The van der Waals surface area contributed by atoms with Gasteiger partial charge >= 0.3 is 0 Å². The summed E-state index contributed by atoms with van der Waals surface area (Å²) in [4.78, 5) is 30.0. The highest BCUT2D eigenvalue weighted by Gasteiger charge is 2.35. The number of hydrogen-bond acceptors (Lipinski definition) is 5. The van der Waals surface area contributed by atoms with Gasteiger partial charge in [0.05, 0.1) is 17.2 Å². The number of anilines is 1. The minimum absolute atomic E-state index is 0.0278. The molecule has 1 atom stereocenters. The van der Waals surface area contributed by atoms with E-state index in [1.54, 1.807) is 24.3 Å². The molecule has 1 N–H and O–H groups in total. The number of rotatable bonds is 13. The summed E-state index contributed by atoms with van der Waals surface area (Å²) in [6.45, 7) is 9.43. The Labute approximate surface area is 283 Å². The van der Waals surface area contributed by atoms with E-state index in [0.29, 0.717) is 17.4 Å². The second-order valence-electron chi connectivity index (χ2n) is 12.3. The second-order valence-corrected chi connectivity index (χ2v) is 14.6. The van der Waals surface area contributed by atoms with Crippen molar-refractivity contribution >= 4 is 39.1 Å². The van der Waals surface area contributed by atoms with Crippen molar-refractivity contribution in [3.05, 3.63) is 125 Å². The molecule has 0 fully saturated rings. The zero-order chi connectivity index (χ0) is 34.2. The Hall–Kier alpha value is -4.34. The van der Waals surface area contributed by atoms with Gasteiger partial charge in [0.1, 0.15) is 18.3 Å². The predicted molar refractivity (Wildman–Crippen MR) is 187 cm³/mol. The first-order valence-electron chi connectivity index (χ1n) is 15.5. The number of ether oxygens (including phenoxy) is 1. The lowest BCUT2D eigenvalue weighted by Crippen LogP contribution is -2.56. The van der Waals surface area contributed by atoms with Gasteiger partial charge in [-0.3, -0.25) is 13.9 Å². The van der Waals surface area contributed by atoms with Gasteiger partial charge in [-0.25, -0.2) is 8.42 Å². The number of benzene rings is 4. The van der Waals surface area contributed by atoms with Crippen LogP contribution in [0.25, 0.3) is 0 Å². The fourth-order valence-electron chi connectivity index (χ4n) is 5.03. The molecule has 0 aromatic heterocycles. The van der Waals surface area contributed by atoms with Gasteiger partial charge in [0.2, 0.25) is 11.8 Å². The molecule has 0 unspecified atom stereocenters. The Bertz CT molecular complexity index is 1740. The Balaban J connectivity index is 1.81. The lowest BCUT2D eigenvalue weighted by Gasteiger charge is -2.35. The molecule has 0 aliphatic carbocycles. The minimum atomic E-state index is -4.25.